The molecule has 0 amide bonds. The van der Waals surface area contributed by atoms with Gasteiger partial charge in [-0.15, -0.1) is 0 Å². The van der Waals surface area contributed by atoms with Crippen LogP contribution in [0.3, 0.4) is 0 Å². The van der Waals surface area contributed by atoms with Crippen molar-refractivity contribution < 1.29 is 12.8 Å². The van der Waals surface area contributed by atoms with Gasteiger partial charge in [0.05, 0.1) is 4.90 Å². The van der Waals surface area contributed by atoms with Gasteiger partial charge in [0, 0.05) is 24.1 Å². The van der Waals surface area contributed by atoms with Crippen LogP contribution in [0.25, 0.3) is 0 Å². The van der Waals surface area contributed by atoms with Crippen molar-refractivity contribution in [2.45, 2.75) is 23.8 Å². The zero-order valence-electron chi connectivity index (χ0n) is 11.5. The quantitative estimate of drug-likeness (QED) is 0.826. The van der Waals surface area contributed by atoms with Crippen molar-refractivity contribution in [1.82, 2.24) is 9.21 Å². The number of likely N-dealkylation sites (N-methyl/N-ethyl adjacent to an activating group) is 2. The minimum atomic E-state index is -3.62. The van der Waals surface area contributed by atoms with Gasteiger partial charge in [-0.25, -0.2) is 12.8 Å². The maximum Gasteiger partial charge on any atom is 0.244 e. The van der Waals surface area contributed by atoms with Gasteiger partial charge in [-0.3, -0.25) is 0 Å². The summed E-state index contributed by atoms with van der Waals surface area (Å²) in [6.07, 6.45) is 1.82. The summed E-state index contributed by atoms with van der Waals surface area (Å²) in [5.74, 6) is -0.462. The minimum Gasteiger partial charge on any atom is -0.305 e. The highest BCUT2D eigenvalue weighted by molar-refractivity contribution is 9.10. The Bertz CT molecular complexity index is 594. The predicted octanol–water partition coefficient (Wildman–Crippen LogP) is 2.30. The average Bonchev–Trinajstić information content (AvgIpc) is 2.37. The van der Waals surface area contributed by atoms with E-state index in [1.54, 1.807) is 7.05 Å². The van der Waals surface area contributed by atoms with Crippen molar-refractivity contribution in [2.75, 3.05) is 27.2 Å². The molecule has 1 aromatic carbocycles. The third-order valence-electron chi connectivity index (χ3n) is 3.66. The summed E-state index contributed by atoms with van der Waals surface area (Å²) in [6.45, 7) is 1.71. The number of benzene rings is 1. The Morgan fingerprint density at radius 2 is 2.15 bits per heavy atom. The first kappa shape index (κ1) is 15.9. The van der Waals surface area contributed by atoms with Gasteiger partial charge in [-0.2, -0.15) is 4.31 Å². The van der Waals surface area contributed by atoms with Crippen molar-refractivity contribution >= 4 is 26.0 Å². The molecule has 0 N–H and O–H groups in total. The summed E-state index contributed by atoms with van der Waals surface area (Å²) >= 11 is 3.13. The molecule has 1 saturated heterocycles. The highest BCUT2D eigenvalue weighted by atomic mass is 79.9. The first-order valence-corrected chi connectivity index (χ1v) is 8.67. The Hall–Kier alpha value is -0.500. The standard InChI is InChI=1S/C13H18BrFN2O2S/c1-16-7-3-4-11(9-16)17(2)20(18,19)13-6-5-10(15)8-12(13)14/h5-6,8,11H,3-4,7,9H2,1-2H3. The van der Waals surface area contributed by atoms with Gasteiger partial charge in [0.2, 0.25) is 10.0 Å². The van der Waals surface area contributed by atoms with Crippen LogP contribution in [0.15, 0.2) is 27.6 Å². The summed E-state index contributed by atoms with van der Waals surface area (Å²) in [5, 5.41) is 0. The summed E-state index contributed by atoms with van der Waals surface area (Å²) < 4.78 is 40.0. The monoisotopic (exact) mass is 364 g/mol. The first-order chi connectivity index (χ1) is 9.32. The maximum atomic E-state index is 13.1. The molecule has 112 valence electrons. The number of likely N-dealkylation sites (tertiary alicyclic amines) is 1. The molecule has 0 aliphatic carbocycles. The van der Waals surface area contributed by atoms with E-state index in [1.165, 1.54) is 22.5 Å². The Labute approximate surface area is 127 Å². The lowest BCUT2D eigenvalue weighted by molar-refractivity contribution is 0.187. The summed E-state index contributed by atoms with van der Waals surface area (Å²) in [6, 6.07) is 3.60. The van der Waals surface area contributed by atoms with Gasteiger partial charge in [0.1, 0.15) is 5.82 Å². The number of halogens is 2. The van der Waals surface area contributed by atoms with Gasteiger partial charge in [0.25, 0.3) is 0 Å². The van der Waals surface area contributed by atoms with Crippen LogP contribution in [0.2, 0.25) is 0 Å². The zero-order valence-corrected chi connectivity index (χ0v) is 13.9. The van der Waals surface area contributed by atoms with Crippen LogP contribution in [-0.4, -0.2) is 50.8 Å². The van der Waals surface area contributed by atoms with E-state index in [-0.39, 0.29) is 15.4 Å². The van der Waals surface area contributed by atoms with E-state index < -0.39 is 15.8 Å². The highest BCUT2D eigenvalue weighted by Gasteiger charge is 2.31. The second-order valence-electron chi connectivity index (χ2n) is 5.15. The third-order valence-corrected chi connectivity index (χ3v) is 6.55. The molecule has 0 aromatic heterocycles. The number of hydrogen-bond acceptors (Lipinski definition) is 3. The van der Waals surface area contributed by atoms with E-state index in [9.17, 15) is 12.8 Å². The van der Waals surface area contributed by atoms with Crippen molar-refractivity contribution in [1.29, 1.82) is 0 Å². The normalized spacial score (nSPS) is 21.4. The van der Waals surface area contributed by atoms with Crippen molar-refractivity contribution in [2.24, 2.45) is 0 Å². The second kappa shape index (κ2) is 6.09. The Morgan fingerprint density at radius 3 is 2.75 bits per heavy atom. The average molecular weight is 365 g/mol. The molecule has 0 radical (unpaired) electrons. The number of hydrogen-bond donors (Lipinski definition) is 0. The summed E-state index contributed by atoms with van der Waals surface area (Å²) in [5.41, 5.74) is 0. The van der Waals surface area contributed by atoms with E-state index in [2.05, 4.69) is 20.8 Å². The van der Waals surface area contributed by atoms with Gasteiger partial charge < -0.3 is 4.90 Å². The molecule has 1 aliphatic heterocycles. The minimum absolute atomic E-state index is 0.0456. The van der Waals surface area contributed by atoms with Crippen LogP contribution < -0.4 is 0 Å². The van der Waals surface area contributed by atoms with E-state index in [0.29, 0.717) is 6.54 Å². The van der Waals surface area contributed by atoms with E-state index in [0.717, 1.165) is 19.4 Å². The molecule has 1 aliphatic rings. The molecular formula is C13H18BrFN2O2S. The molecule has 1 atom stereocenters. The highest BCUT2D eigenvalue weighted by Crippen LogP contribution is 2.27. The van der Waals surface area contributed by atoms with Crippen LogP contribution in [0.5, 0.6) is 0 Å². The smallest absolute Gasteiger partial charge is 0.244 e. The van der Waals surface area contributed by atoms with Crippen LogP contribution >= 0.6 is 15.9 Å². The Morgan fingerprint density at radius 1 is 1.45 bits per heavy atom. The van der Waals surface area contributed by atoms with Crippen molar-refractivity contribution in [3.05, 3.63) is 28.5 Å². The van der Waals surface area contributed by atoms with E-state index >= 15 is 0 Å². The number of rotatable bonds is 3. The first-order valence-electron chi connectivity index (χ1n) is 6.44. The largest absolute Gasteiger partial charge is 0.305 e. The molecule has 1 fully saturated rings. The summed E-state index contributed by atoms with van der Waals surface area (Å²) in [4.78, 5) is 2.23. The van der Waals surface area contributed by atoms with Gasteiger partial charge >= 0.3 is 0 Å². The van der Waals surface area contributed by atoms with E-state index in [1.807, 2.05) is 7.05 Å². The molecule has 4 nitrogen and oxygen atoms in total. The molecule has 20 heavy (non-hydrogen) atoms. The van der Waals surface area contributed by atoms with Crippen LogP contribution in [-0.2, 0) is 10.0 Å². The fraction of sp³-hybridized carbons (Fsp3) is 0.538. The lowest BCUT2D eigenvalue weighted by Gasteiger charge is -2.35. The molecule has 1 unspecified atom stereocenters. The lowest BCUT2D eigenvalue weighted by Crippen LogP contribution is -2.47. The topological polar surface area (TPSA) is 40.6 Å². The molecule has 0 bridgehead atoms. The van der Waals surface area contributed by atoms with Crippen LogP contribution in [0.4, 0.5) is 4.39 Å². The number of piperidine rings is 1. The number of nitrogens with zero attached hydrogens (tertiary/aromatic N) is 2. The Kier molecular flexibility index (Phi) is 4.84. The van der Waals surface area contributed by atoms with Crippen LogP contribution in [0.1, 0.15) is 12.8 Å². The van der Waals surface area contributed by atoms with Crippen molar-refractivity contribution in [3.63, 3.8) is 0 Å². The predicted molar refractivity (Wildman–Crippen MR) is 79.6 cm³/mol. The molecule has 1 aromatic rings. The Balaban J connectivity index is 2.29. The van der Waals surface area contributed by atoms with Crippen LogP contribution in [0, 0.1) is 5.82 Å². The fourth-order valence-corrected chi connectivity index (χ4v) is 4.86. The number of sulfonamides is 1. The molecule has 0 saturated carbocycles. The molecular weight excluding hydrogens is 347 g/mol. The van der Waals surface area contributed by atoms with Gasteiger partial charge in [-0.1, -0.05) is 0 Å². The molecule has 7 heteroatoms. The maximum absolute atomic E-state index is 13.1. The molecule has 2 rings (SSSR count). The second-order valence-corrected chi connectivity index (χ2v) is 7.97. The fourth-order valence-electron chi connectivity index (χ4n) is 2.47. The zero-order chi connectivity index (χ0) is 14.9. The molecule has 1 heterocycles. The lowest BCUT2D eigenvalue weighted by atomic mass is 10.1. The van der Waals surface area contributed by atoms with Gasteiger partial charge in [-0.05, 0) is 60.6 Å². The van der Waals surface area contributed by atoms with E-state index in [4.69, 9.17) is 0 Å². The summed E-state index contributed by atoms with van der Waals surface area (Å²) in [7, 11) is -0.0376. The van der Waals surface area contributed by atoms with Gasteiger partial charge in [0.15, 0.2) is 0 Å². The third kappa shape index (κ3) is 3.21. The SMILES string of the molecule is CN1CCCC(N(C)S(=O)(=O)c2ccc(F)cc2Br)C1. The van der Waals surface area contributed by atoms with Crippen molar-refractivity contribution in [3.8, 4) is 0 Å². The molecule has 0 spiro atoms.